The highest BCUT2D eigenvalue weighted by atomic mass is 16.5. The summed E-state index contributed by atoms with van der Waals surface area (Å²) in [5.74, 6) is -1.65. The number of carbonyl (C=O) groups is 2. The number of hydrogen-bond donors (Lipinski definition) is 1. The fraction of sp³-hybridized carbons (Fsp3) is 0.259. The van der Waals surface area contributed by atoms with Crippen LogP contribution in [0.3, 0.4) is 0 Å². The molecule has 164 valence electrons. The first-order valence-electron chi connectivity index (χ1n) is 10.8. The second kappa shape index (κ2) is 10.2. The zero-order chi connectivity index (χ0) is 22.3. The fourth-order valence-corrected chi connectivity index (χ4v) is 4.11. The summed E-state index contributed by atoms with van der Waals surface area (Å²) in [6.07, 6.45) is 0.225. The second-order valence-electron chi connectivity index (χ2n) is 7.92. The van der Waals surface area contributed by atoms with Crippen LogP contribution in [-0.4, -0.2) is 30.3 Å². The van der Waals surface area contributed by atoms with E-state index >= 15 is 0 Å². The van der Waals surface area contributed by atoms with Gasteiger partial charge in [0.05, 0.1) is 12.5 Å². The first-order valence-corrected chi connectivity index (χ1v) is 10.8. The van der Waals surface area contributed by atoms with Crippen LogP contribution >= 0.6 is 0 Å². The molecule has 1 aliphatic carbocycles. The number of rotatable bonds is 9. The summed E-state index contributed by atoms with van der Waals surface area (Å²) in [5, 5.41) is 9.57. The summed E-state index contributed by atoms with van der Waals surface area (Å²) in [6.45, 7) is 0.0144. The Bertz CT molecular complexity index is 1030. The smallest absolute Gasteiger partial charge is 0.311 e. The lowest BCUT2D eigenvalue weighted by Crippen LogP contribution is -2.23. The highest BCUT2D eigenvalue weighted by Crippen LogP contribution is 2.44. The number of hydrogen-bond acceptors (Lipinski definition) is 5. The Hall–Kier alpha value is -3.44. The van der Waals surface area contributed by atoms with Crippen molar-refractivity contribution in [1.82, 2.24) is 0 Å². The standard InChI is InChI=1S/C27H26O5/c28-16-20(27(30)32-17-19-8-2-1-3-9-19)14-15-26(29)31-18-25-23-12-6-4-10-21(23)22-11-5-7-13-24(22)25/h1-13,20,25,28H,14-18H2/t20-/m0/s1. The molecule has 4 rings (SSSR count). The van der Waals surface area contributed by atoms with Gasteiger partial charge >= 0.3 is 11.9 Å². The van der Waals surface area contributed by atoms with E-state index in [1.54, 1.807) is 0 Å². The van der Waals surface area contributed by atoms with Crippen LogP contribution in [0.25, 0.3) is 11.1 Å². The molecule has 1 aliphatic rings. The van der Waals surface area contributed by atoms with Crippen LogP contribution in [0.2, 0.25) is 0 Å². The molecule has 0 amide bonds. The van der Waals surface area contributed by atoms with Gasteiger partial charge in [0.1, 0.15) is 13.2 Å². The van der Waals surface area contributed by atoms with Gasteiger partial charge in [0.2, 0.25) is 0 Å². The highest BCUT2D eigenvalue weighted by Gasteiger charge is 2.29. The largest absolute Gasteiger partial charge is 0.465 e. The van der Waals surface area contributed by atoms with E-state index < -0.39 is 11.9 Å². The van der Waals surface area contributed by atoms with Gasteiger partial charge in [-0.25, -0.2) is 0 Å². The molecule has 3 aromatic carbocycles. The first-order chi connectivity index (χ1) is 15.7. The monoisotopic (exact) mass is 430 g/mol. The Balaban J connectivity index is 1.29. The van der Waals surface area contributed by atoms with E-state index in [0.717, 1.165) is 16.7 Å². The molecular weight excluding hydrogens is 404 g/mol. The highest BCUT2D eigenvalue weighted by molar-refractivity contribution is 5.79. The lowest BCUT2D eigenvalue weighted by Gasteiger charge is -2.16. The molecule has 0 saturated heterocycles. The molecule has 0 radical (unpaired) electrons. The van der Waals surface area contributed by atoms with Crippen molar-refractivity contribution in [3.8, 4) is 11.1 Å². The SMILES string of the molecule is O=C(CC[C@@H](CO)C(=O)OCc1ccccc1)OCC1c2ccccc2-c2ccccc21. The van der Waals surface area contributed by atoms with Crippen LogP contribution in [0.15, 0.2) is 78.9 Å². The van der Waals surface area contributed by atoms with Crippen molar-refractivity contribution in [2.45, 2.75) is 25.4 Å². The van der Waals surface area contributed by atoms with Gasteiger partial charge in [-0.1, -0.05) is 78.9 Å². The van der Waals surface area contributed by atoms with Crippen molar-refractivity contribution in [2.24, 2.45) is 5.92 Å². The van der Waals surface area contributed by atoms with Crippen molar-refractivity contribution in [1.29, 1.82) is 0 Å². The van der Waals surface area contributed by atoms with Crippen molar-refractivity contribution >= 4 is 11.9 Å². The molecule has 0 spiro atoms. The second-order valence-corrected chi connectivity index (χ2v) is 7.92. The molecule has 0 saturated carbocycles. The minimum absolute atomic E-state index is 0.00386. The van der Waals surface area contributed by atoms with Gasteiger partial charge in [-0.3, -0.25) is 9.59 Å². The van der Waals surface area contributed by atoms with Gasteiger partial charge in [0.15, 0.2) is 0 Å². The Kier molecular flexibility index (Phi) is 6.97. The van der Waals surface area contributed by atoms with Crippen LogP contribution in [-0.2, 0) is 25.7 Å². The van der Waals surface area contributed by atoms with Gasteiger partial charge < -0.3 is 14.6 Å². The number of aliphatic hydroxyl groups is 1. The lowest BCUT2D eigenvalue weighted by molar-refractivity contribution is -0.152. The Morgan fingerprint density at radius 1 is 0.812 bits per heavy atom. The number of carbonyl (C=O) groups excluding carboxylic acids is 2. The van der Waals surface area contributed by atoms with Crippen LogP contribution in [0, 0.1) is 5.92 Å². The Morgan fingerprint density at radius 2 is 1.41 bits per heavy atom. The third-order valence-corrected chi connectivity index (χ3v) is 5.85. The molecule has 0 bridgehead atoms. The summed E-state index contributed by atoms with van der Waals surface area (Å²) in [7, 11) is 0. The molecule has 0 unspecified atom stereocenters. The lowest BCUT2D eigenvalue weighted by atomic mass is 9.98. The zero-order valence-electron chi connectivity index (χ0n) is 17.8. The maximum atomic E-state index is 12.4. The fourth-order valence-electron chi connectivity index (χ4n) is 4.11. The van der Waals surface area contributed by atoms with Gasteiger partial charge in [0, 0.05) is 12.3 Å². The van der Waals surface area contributed by atoms with Crippen molar-refractivity contribution in [3.63, 3.8) is 0 Å². The number of ether oxygens (including phenoxy) is 2. The van der Waals surface area contributed by atoms with E-state index in [-0.39, 0.29) is 44.5 Å². The molecule has 3 aromatic rings. The molecular formula is C27H26O5. The van der Waals surface area contributed by atoms with E-state index in [0.29, 0.717) is 0 Å². The number of esters is 2. The number of fused-ring (bicyclic) bond motifs is 3. The predicted octanol–water partition coefficient (Wildman–Crippen LogP) is 4.47. The third kappa shape index (κ3) is 4.89. The average Bonchev–Trinajstić information content (AvgIpc) is 3.16. The molecule has 0 heterocycles. The molecule has 0 aromatic heterocycles. The van der Waals surface area contributed by atoms with Gasteiger partial charge in [0.25, 0.3) is 0 Å². The first kappa shape index (κ1) is 21.8. The van der Waals surface area contributed by atoms with E-state index in [1.807, 2.05) is 54.6 Å². The molecule has 5 nitrogen and oxygen atoms in total. The van der Waals surface area contributed by atoms with Crippen molar-refractivity contribution in [2.75, 3.05) is 13.2 Å². The summed E-state index contributed by atoms with van der Waals surface area (Å²) >= 11 is 0. The van der Waals surface area contributed by atoms with Crippen molar-refractivity contribution in [3.05, 3.63) is 95.6 Å². The van der Waals surface area contributed by atoms with Gasteiger partial charge in [-0.2, -0.15) is 0 Å². The molecule has 5 heteroatoms. The van der Waals surface area contributed by atoms with E-state index in [2.05, 4.69) is 24.3 Å². The van der Waals surface area contributed by atoms with E-state index in [9.17, 15) is 14.7 Å². The summed E-state index contributed by atoms with van der Waals surface area (Å²) in [5.41, 5.74) is 5.52. The molecule has 0 fully saturated rings. The molecule has 1 N–H and O–H groups in total. The average molecular weight is 431 g/mol. The predicted molar refractivity (Wildman–Crippen MR) is 121 cm³/mol. The van der Waals surface area contributed by atoms with E-state index in [4.69, 9.17) is 9.47 Å². The Labute approximate surface area is 187 Å². The number of benzene rings is 3. The minimum atomic E-state index is -0.751. The van der Waals surface area contributed by atoms with Crippen LogP contribution in [0.4, 0.5) is 0 Å². The Morgan fingerprint density at radius 3 is 2.03 bits per heavy atom. The van der Waals surface area contributed by atoms with Crippen LogP contribution < -0.4 is 0 Å². The summed E-state index contributed by atoms with van der Waals surface area (Å²) in [6, 6.07) is 25.6. The zero-order valence-corrected chi connectivity index (χ0v) is 17.8. The quantitative estimate of drug-likeness (QED) is 0.507. The normalized spacial score (nSPS) is 13.2. The van der Waals surface area contributed by atoms with Crippen LogP contribution in [0.1, 0.15) is 35.4 Å². The molecule has 0 aliphatic heterocycles. The van der Waals surface area contributed by atoms with Crippen molar-refractivity contribution < 1.29 is 24.2 Å². The summed E-state index contributed by atoms with van der Waals surface area (Å²) in [4.78, 5) is 24.7. The summed E-state index contributed by atoms with van der Waals surface area (Å²) < 4.78 is 10.9. The van der Waals surface area contributed by atoms with Crippen LogP contribution in [0.5, 0.6) is 0 Å². The minimum Gasteiger partial charge on any atom is -0.465 e. The van der Waals surface area contributed by atoms with Gasteiger partial charge in [-0.05, 0) is 34.2 Å². The maximum Gasteiger partial charge on any atom is 0.311 e. The third-order valence-electron chi connectivity index (χ3n) is 5.85. The van der Waals surface area contributed by atoms with Gasteiger partial charge in [-0.15, -0.1) is 0 Å². The molecule has 32 heavy (non-hydrogen) atoms. The molecule has 1 atom stereocenters. The maximum absolute atomic E-state index is 12.4. The van der Waals surface area contributed by atoms with E-state index in [1.165, 1.54) is 11.1 Å². The number of aliphatic hydroxyl groups excluding tert-OH is 1. The topological polar surface area (TPSA) is 72.8 Å².